The van der Waals surface area contributed by atoms with Gasteiger partial charge in [0, 0.05) is 12.6 Å². The Balaban J connectivity index is 2.03. The fourth-order valence-corrected chi connectivity index (χ4v) is 2.10. The summed E-state index contributed by atoms with van der Waals surface area (Å²) in [5.74, 6) is -1.42. The highest BCUT2D eigenvalue weighted by Crippen LogP contribution is 2.48. The lowest BCUT2D eigenvalue weighted by molar-refractivity contribution is 0.416. The smallest absolute Gasteiger partial charge is 0.162 e. The molecule has 94 valence electrons. The van der Waals surface area contributed by atoms with E-state index in [-0.39, 0.29) is 5.41 Å². The average Bonchev–Trinajstić information content (AvgIpc) is 3.03. The quantitative estimate of drug-likeness (QED) is 0.831. The molecule has 1 nitrogen and oxygen atoms in total. The maximum absolute atomic E-state index is 13.6. The highest BCUT2D eigenvalue weighted by molar-refractivity contribution is 5.22. The first-order valence-corrected chi connectivity index (χ1v) is 6.19. The first-order chi connectivity index (χ1) is 8.02. The molecule has 0 radical (unpaired) electrons. The second-order valence-electron chi connectivity index (χ2n) is 5.43. The minimum atomic E-state index is -0.741. The van der Waals surface area contributed by atoms with Gasteiger partial charge in [0.1, 0.15) is 0 Å². The van der Waals surface area contributed by atoms with Crippen LogP contribution < -0.4 is 5.32 Å². The van der Waals surface area contributed by atoms with Crippen LogP contribution in [0.15, 0.2) is 18.2 Å². The number of rotatable bonds is 5. The molecule has 0 spiro atoms. The van der Waals surface area contributed by atoms with Crippen molar-refractivity contribution in [3.05, 3.63) is 35.4 Å². The van der Waals surface area contributed by atoms with Gasteiger partial charge in [0.05, 0.1) is 0 Å². The second-order valence-corrected chi connectivity index (χ2v) is 5.43. The fraction of sp³-hybridized carbons (Fsp3) is 0.571. The molecule has 1 aromatic rings. The van der Waals surface area contributed by atoms with Gasteiger partial charge in [0.25, 0.3) is 0 Å². The minimum absolute atomic E-state index is 0.152. The number of nitrogens with one attached hydrogen (secondary N) is 1. The van der Waals surface area contributed by atoms with Crippen molar-refractivity contribution in [1.82, 2.24) is 5.32 Å². The van der Waals surface area contributed by atoms with Crippen LogP contribution in [0.4, 0.5) is 8.78 Å². The number of benzene rings is 1. The third-order valence-electron chi connectivity index (χ3n) is 3.44. The summed E-state index contributed by atoms with van der Waals surface area (Å²) in [6.45, 7) is 5.08. The predicted molar refractivity (Wildman–Crippen MR) is 64.9 cm³/mol. The molecule has 1 N–H and O–H groups in total. The Morgan fingerprint density at radius 3 is 2.59 bits per heavy atom. The maximum atomic E-state index is 13.6. The lowest BCUT2D eigenvalue weighted by Gasteiger charge is -2.18. The Labute approximate surface area is 101 Å². The summed E-state index contributed by atoms with van der Waals surface area (Å²) in [4.78, 5) is 0. The minimum Gasteiger partial charge on any atom is -0.314 e. The topological polar surface area (TPSA) is 12.0 Å². The van der Waals surface area contributed by atoms with Crippen molar-refractivity contribution in [2.75, 3.05) is 6.54 Å². The van der Waals surface area contributed by atoms with Crippen LogP contribution in [-0.4, -0.2) is 12.6 Å². The van der Waals surface area contributed by atoms with E-state index in [1.165, 1.54) is 6.07 Å². The predicted octanol–water partition coefficient (Wildman–Crippen LogP) is 3.29. The highest BCUT2D eigenvalue weighted by Gasteiger charge is 2.42. The Morgan fingerprint density at radius 1 is 1.29 bits per heavy atom. The summed E-state index contributed by atoms with van der Waals surface area (Å²) in [5.41, 5.74) is 0.659. The zero-order valence-electron chi connectivity index (χ0n) is 10.4. The van der Waals surface area contributed by atoms with Crippen LogP contribution in [0, 0.1) is 17.0 Å². The van der Waals surface area contributed by atoms with Crippen LogP contribution in [-0.2, 0) is 6.42 Å². The molecule has 0 bridgehead atoms. The van der Waals surface area contributed by atoms with Gasteiger partial charge < -0.3 is 5.32 Å². The van der Waals surface area contributed by atoms with Crippen molar-refractivity contribution < 1.29 is 8.78 Å². The Hall–Kier alpha value is -0.960. The Kier molecular flexibility index (Phi) is 3.48. The SMILES string of the molecule is CC(C)NCC1(Cc2cccc(F)c2F)CC1. The fourth-order valence-electron chi connectivity index (χ4n) is 2.10. The van der Waals surface area contributed by atoms with E-state index in [9.17, 15) is 8.78 Å². The van der Waals surface area contributed by atoms with Crippen molar-refractivity contribution in [1.29, 1.82) is 0 Å². The van der Waals surface area contributed by atoms with Crippen LogP contribution in [0.1, 0.15) is 32.3 Å². The summed E-state index contributed by atoms with van der Waals surface area (Å²) >= 11 is 0. The third-order valence-corrected chi connectivity index (χ3v) is 3.44. The molecule has 0 heterocycles. The lowest BCUT2D eigenvalue weighted by Crippen LogP contribution is -2.31. The normalized spacial score (nSPS) is 17.5. The van der Waals surface area contributed by atoms with Gasteiger partial charge in [0.2, 0.25) is 0 Å². The van der Waals surface area contributed by atoms with E-state index in [0.717, 1.165) is 19.4 Å². The van der Waals surface area contributed by atoms with Crippen molar-refractivity contribution >= 4 is 0 Å². The first-order valence-electron chi connectivity index (χ1n) is 6.19. The van der Waals surface area contributed by atoms with Crippen LogP contribution in [0.3, 0.4) is 0 Å². The maximum Gasteiger partial charge on any atom is 0.162 e. The standard InChI is InChI=1S/C14H19F2N/c1-10(2)17-9-14(6-7-14)8-11-4-3-5-12(15)13(11)16/h3-5,10,17H,6-9H2,1-2H3. The molecule has 0 amide bonds. The molecule has 1 aromatic carbocycles. The van der Waals surface area contributed by atoms with E-state index >= 15 is 0 Å². The van der Waals surface area contributed by atoms with Crippen LogP contribution in [0.2, 0.25) is 0 Å². The molecule has 1 saturated carbocycles. The highest BCUT2D eigenvalue weighted by atomic mass is 19.2. The molecule has 0 unspecified atom stereocenters. The van der Waals surface area contributed by atoms with E-state index in [2.05, 4.69) is 19.2 Å². The average molecular weight is 239 g/mol. The first kappa shape index (κ1) is 12.5. The molecule has 1 fully saturated rings. The molecule has 17 heavy (non-hydrogen) atoms. The van der Waals surface area contributed by atoms with Gasteiger partial charge in [-0.15, -0.1) is 0 Å². The molecule has 0 aromatic heterocycles. The Morgan fingerprint density at radius 2 is 2.00 bits per heavy atom. The van der Waals surface area contributed by atoms with Gasteiger partial charge in [-0.3, -0.25) is 0 Å². The zero-order chi connectivity index (χ0) is 12.5. The van der Waals surface area contributed by atoms with Gasteiger partial charge in [-0.1, -0.05) is 26.0 Å². The summed E-state index contributed by atoms with van der Waals surface area (Å²) < 4.78 is 26.7. The molecule has 1 aliphatic rings. The zero-order valence-corrected chi connectivity index (χ0v) is 10.4. The summed E-state index contributed by atoms with van der Waals surface area (Å²) in [6.07, 6.45) is 2.83. The van der Waals surface area contributed by atoms with Crippen LogP contribution in [0.25, 0.3) is 0 Å². The van der Waals surface area contributed by atoms with E-state index in [0.29, 0.717) is 18.0 Å². The number of hydrogen-bond acceptors (Lipinski definition) is 1. The molecular weight excluding hydrogens is 220 g/mol. The van der Waals surface area contributed by atoms with Crippen LogP contribution in [0.5, 0.6) is 0 Å². The van der Waals surface area contributed by atoms with Gasteiger partial charge in [-0.2, -0.15) is 0 Å². The third kappa shape index (κ3) is 3.03. The lowest BCUT2D eigenvalue weighted by atomic mass is 9.95. The van der Waals surface area contributed by atoms with E-state index in [4.69, 9.17) is 0 Å². The Bertz CT molecular complexity index is 397. The summed E-state index contributed by atoms with van der Waals surface area (Å²) in [7, 11) is 0. The van der Waals surface area contributed by atoms with Crippen molar-refractivity contribution in [3.8, 4) is 0 Å². The number of hydrogen-bond donors (Lipinski definition) is 1. The van der Waals surface area contributed by atoms with E-state index in [1.54, 1.807) is 12.1 Å². The summed E-state index contributed by atoms with van der Waals surface area (Å²) in [5, 5.41) is 3.39. The molecule has 0 aliphatic heterocycles. The van der Waals surface area contributed by atoms with Gasteiger partial charge in [-0.05, 0) is 36.3 Å². The van der Waals surface area contributed by atoms with Crippen molar-refractivity contribution in [3.63, 3.8) is 0 Å². The number of halogens is 2. The second kappa shape index (κ2) is 4.73. The molecule has 0 saturated heterocycles. The molecular formula is C14H19F2N. The van der Waals surface area contributed by atoms with Gasteiger partial charge in [-0.25, -0.2) is 8.78 Å². The largest absolute Gasteiger partial charge is 0.314 e. The van der Waals surface area contributed by atoms with Gasteiger partial charge >= 0.3 is 0 Å². The summed E-state index contributed by atoms with van der Waals surface area (Å²) in [6, 6.07) is 4.88. The monoisotopic (exact) mass is 239 g/mol. The molecule has 1 aliphatic carbocycles. The van der Waals surface area contributed by atoms with Gasteiger partial charge in [0.15, 0.2) is 11.6 Å². The molecule has 0 atom stereocenters. The molecule has 3 heteroatoms. The van der Waals surface area contributed by atoms with Crippen molar-refractivity contribution in [2.24, 2.45) is 5.41 Å². The van der Waals surface area contributed by atoms with Crippen LogP contribution >= 0.6 is 0 Å². The van der Waals surface area contributed by atoms with Crippen molar-refractivity contribution in [2.45, 2.75) is 39.2 Å². The molecule has 2 rings (SSSR count). The van der Waals surface area contributed by atoms with E-state index in [1.807, 2.05) is 0 Å². The van der Waals surface area contributed by atoms with E-state index < -0.39 is 11.6 Å².